The Morgan fingerprint density at radius 1 is 0.964 bits per heavy atom. The summed E-state index contributed by atoms with van der Waals surface area (Å²) >= 11 is 2.83. The van der Waals surface area contributed by atoms with E-state index in [2.05, 4.69) is 25.9 Å². The average Bonchev–Trinajstić information content (AvgIpc) is 2.54. The number of hydrogen-bond acceptors (Lipinski definition) is 5. The fourth-order valence-corrected chi connectivity index (χ4v) is 4.24. The Hall–Kier alpha value is -1.98. The number of anilines is 1. The second-order valence-corrected chi connectivity index (χ2v) is 7.46. The highest BCUT2D eigenvalue weighted by atomic mass is 79.9. The first kappa shape index (κ1) is 20.7. The second kappa shape index (κ2) is 6.82. The molecule has 28 heavy (non-hydrogen) atoms. The minimum absolute atomic E-state index is 0.0655. The van der Waals surface area contributed by atoms with E-state index in [4.69, 9.17) is 11.5 Å². The van der Waals surface area contributed by atoms with Crippen LogP contribution in [-0.2, 0) is 12.4 Å². The van der Waals surface area contributed by atoms with Gasteiger partial charge in [-0.05, 0) is 53.7 Å². The van der Waals surface area contributed by atoms with Crippen LogP contribution in [0.2, 0.25) is 0 Å². The van der Waals surface area contributed by atoms with Crippen LogP contribution in [0.25, 0.3) is 0 Å². The van der Waals surface area contributed by atoms with Gasteiger partial charge in [0.15, 0.2) is 0 Å². The van der Waals surface area contributed by atoms with Crippen molar-refractivity contribution in [1.29, 1.82) is 0 Å². The smallest absolute Gasteiger partial charge is 0.369 e. The second-order valence-electron chi connectivity index (χ2n) is 6.67. The van der Waals surface area contributed by atoms with Crippen molar-refractivity contribution in [2.24, 2.45) is 21.5 Å². The first-order chi connectivity index (χ1) is 12.8. The van der Waals surface area contributed by atoms with Crippen LogP contribution in [0.1, 0.15) is 43.2 Å². The molecule has 0 bridgehead atoms. The molecule has 4 N–H and O–H groups in total. The summed E-state index contributed by atoms with van der Waals surface area (Å²) in [4.78, 5) is 9.19. The highest BCUT2D eigenvalue weighted by Crippen LogP contribution is 2.48. The lowest BCUT2D eigenvalue weighted by molar-refractivity contribution is -0.143. The first-order valence-corrected chi connectivity index (χ1v) is 9.12. The number of guanidine groups is 2. The molecule has 0 saturated heterocycles. The molecular weight excluding hydrogens is 456 g/mol. The van der Waals surface area contributed by atoms with Gasteiger partial charge < -0.3 is 11.5 Å². The SMILES string of the molecule is NC1=NC2(CCCCC2)N(c2cc(C(F)(F)F)cc(C(F)(F)F)c2Br)C(N)=N1. The molecule has 1 fully saturated rings. The summed E-state index contributed by atoms with van der Waals surface area (Å²) in [6.07, 6.45) is -7.06. The van der Waals surface area contributed by atoms with Crippen LogP contribution in [0.3, 0.4) is 0 Å². The molecule has 1 saturated carbocycles. The van der Waals surface area contributed by atoms with E-state index in [-0.39, 0.29) is 18.0 Å². The third kappa shape index (κ3) is 3.65. The molecular formula is C16H16BrF6N5. The van der Waals surface area contributed by atoms with Crippen molar-refractivity contribution in [3.63, 3.8) is 0 Å². The number of aliphatic imine (C=N–C) groups is 2. The lowest BCUT2D eigenvalue weighted by Crippen LogP contribution is -2.58. The molecule has 154 valence electrons. The monoisotopic (exact) mass is 471 g/mol. The minimum Gasteiger partial charge on any atom is -0.369 e. The summed E-state index contributed by atoms with van der Waals surface area (Å²) < 4.78 is 79.7. The van der Waals surface area contributed by atoms with E-state index in [9.17, 15) is 26.3 Å². The van der Waals surface area contributed by atoms with Gasteiger partial charge in [0, 0.05) is 0 Å². The topological polar surface area (TPSA) is 80.0 Å². The predicted octanol–water partition coefficient (Wildman–Crippen LogP) is 4.60. The van der Waals surface area contributed by atoms with E-state index in [0.717, 1.165) is 11.3 Å². The van der Waals surface area contributed by atoms with Crippen molar-refractivity contribution in [3.8, 4) is 0 Å². The molecule has 0 aromatic heterocycles. The van der Waals surface area contributed by atoms with Gasteiger partial charge in [-0.25, -0.2) is 4.99 Å². The van der Waals surface area contributed by atoms with Crippen LogP contribution in [0.5, 0.6) is 0 Å². The average molecular weight is 472 g/mol. The molecule has 12 heteroatoms. The Morgan fingerprint density at radius 2 is 1.57 bits per heavy atom. The zero-order valence-corrected chi connectivity index (χ0v) is 15.9. The Bertz CT molecular complexity index is 839. The minimum atomic E-state index is -5.02. The molecule has 1 aromatic rings. The van der Waals surface area contributed by atoms with Crippen molar-refractivity contribution >= 4 is 33.5 Å². The lowest BCUT2D eigenvalue weighted by Gasteiger charge is -2.46. The number of alkyl halides is 6. The maximum Gasteiger partial charge on any atom is 0.417 e. The fraction of sp³-hybridized carbons (Fsp3) is 0.500. The van der Waals surface area contributed by atoms with Gasteiger partial charge in [0.25, 0.3) is 0 Å². The zero-order valence-electron chi connectivity index (χ0n) is 14.3. The normalized spacial score (nSPS) is 20.2. The lowest BCUT2D eigenvalue weighted by atomic mass is 9.87. The van der Waals surface area contributed by atoms with Gasteiger partial charge in [-0.1, -0.05) is 6.42 Å². The summed E-state index contributed by atoms with van der Waals surface area (Å²) in [6, 6.07) is 0.686. The molecule has 1 aliphatic carbocycles. The van der Waals surface area contributed by atoms with Crippen LogP contribution >= 0.6 is 15.9 Å². The zero-order chi connectivity index (χ0) is 20.9. The van der Waals surface area contributed by atoms with E-state index in [0.29, 0.717) is 31.7 Å². The van der Waals surface area contributed by atoms with E-state index < -0.39 is 39.3 Å². The number of hydrogen-bond donors (Lipinski definition) is 2. The number of nitrogens with two attached hydrogens (primary N) is 2. The van der Waals surface area contributed by atoms with Gasteiger partial charge in [-0.2, -0.15) is 31.3 Å². The Morgan fingerprint density at radius 3 is 2.11 bits per heavy atom. The van der Waals surface area contributed by atoms with Crippen molar-refractivity contribution in [2.75, 3.05) is 4.90 Å². The summed E-state index contributed by atoms with van der Waals surface area (Å²) in [5.41, 5.74) is 7.13. The molecule has 1 spiro atoms. The van der Waals surface area contributed by atoms with Gasteiger partial charge in [0.05, 0.1) is 21.3 Å². The third-order valence-corrected chi connectivity index (χ3v) is 5.61. The molecule has 1 heterocycles. The van der Waals surface area contributed by atoms with Crippen molar-refractivity contribution in [3.05, 3.63) is 27.7 Å². The maximum absolute atomic E-state index is 13.4. The molecule has 2 aliphatic rings. The van der Waals surface area contributed by atoms with Gasteiger partial charge >= 0.3 is 12.4 Å². The predicted molar refractivity (Wildman–Crippen MR) is 95.7 cm³/mol. The van der Waals surface area contributed by atoms with E-state index in [1.807, 2.05) is 0 Å². The van der Waals surface area contributed by atoms with E-state index in [1.54, 1.807) is 0 Å². The van der Waals surface area contributed by atoms with Crippen LogP contribution in [0.15, 0.2) is 26.6 Å². The Balaban J connectivity index is 2.27. The van der Waals surface area contributed by atoms with Gasteiger partial charge in [-0.3, -0.25) is 4.90 Å². The molecule has 0 amide bonds. The molecule has 0 unspecified atom stereocenters. The van der Waals surface area contributed by atoms with Crippen LogP contribution < -0.4 is 16.4 Å². The summed E-state index contributed by atoms with van der Waals surface area (Å²) in [5, 5.41) is 0. The fourth-order valence-electron chi connectivity index (χ4n) is 3.61. The summed E-state index contributed by atoms with van der Waals surface area (Å²) in [6.45, 7) is 0. The number of nitrogens with zero attached hydrogens (tertiary/aromatic N) is 3. The number of rotatable bonds is 1. The van der Waals surface area contributed by atoms with Crippen LogP contribution in [0.4, 0.5) is 32.0 Å². The Labute approximate surface area is 164 Å². The van der Waals surface area contributed by atoms with Gasteiger partial charge in [0.1, 0.15) is 5.66 Å². The van der Waals surface area contributed by atoms with Crippen molar-refractivity contribution in [1.82, 2.24) is 0 Å². The highest BCUT2D eigenvalue weighted by Gasteiger charge is 2.46. The third-order valence-electron chi connectivity index (χ3n) is 4.78. The summed E-state index contributed by atoms with van der Waals surface area (Å²) in [7, 11) is 0. The largest absolute Gasteiger partial charge is 0.417 e. The van der Waals surface area contributed by atoms with E-state index >= 15 is 0 Å². The molecule has 0 radical (unpaired) electrons. The number of benzene rings is 1. The van der Waals surface area contributed by atoms with Crippen molar-refractivity contribution in [2.45, 2.75) is 50.1 Å². The van der Waals surface area contributed by atoms with Crippen LogP contribution in [-0.4, -0.2) is 17.6 Å². The molecule has 5 nitrogen and oxygen atoms in total. The number of halogens is 7. The summed E-state index contributed by atoms with van der Waals surface area (Å²) in [5.74, 6) is -0.461. The molecule has 0 atom stereocenters. The van der Waals surface area contributed by atoms with Crippen LogP contribution in [0, 0.1) is 0 Å². The first-order valence-electron chi connectivity index (χ1n) is 8.33. The molecule has 1 aromatic carbocycles. The van der Waals surface area contributed by atoms with Crippen molar-refractivity contribution < 1.29 is 26.3 Å². The molecule has 1 aliphatic heterocycles. The maximum atomic E-state index is 13.4. The van der Waals surface area contributed by atoms with Gasteiger partial charge in [-0.15, -0.1) is 0 Å². The van der Waals surface area contributed by atoms with Gasteiger partial charge in [0.2, 0.25) is 11.9 Å². The Kier molecular flexibility index (Phi) is 5.05. The van der Waals surface area contributed by atoms with E-state index in [1.165, 1.54) is 0 Å². The quantitative estimate of drug-likeness (QED) is 0.587. The standard InChI is InChI=1S/C16H16BrF6N5/c17-11-9(16(21,22)23)6-8(15(18,19)20)7-10(11)28-13(25)26-12(24)27-14(28)4-2-1-3-5-14/h6-7H,1-5H2,(H4,24,25,26,27). The highest BCUT2D eigenvalue weighted by molar-refractivity contribution is 9.10. The molecule has 3 rings (SSSR count).